The van der Waals surface area contributed by atoms with Crippen molar-refractivity contribution in [3.05, 3.63) is 12.3 Å². The van der Waals surface area contributed by atoms with E-state index in [1.54, 1.807) is 0 Å². The van der Waals surface area contributed by atoms with Gasteiger partial charge in [0, 0.05) is 8.07 Å². The molecule has 0 saturated carbocycles. The quantitative estimate of drug-likeness (QED) is 0.650. The zero-order chi connectivity index (χ0) is 11.1. The monoisotopic (exact) mass is 225 g/mol. The van der Waals surface area contributed by atoms with Crippen LogP contribution >= 0.6 is 0 Å². The lowest BCUT2D eigenvalue weighted by Gasteiger charge is -2.38. The second-order valence-corrected chi connectivity index (χ2v) is 16.8. The second-order valence-electron chi connectivity index (χ2n) is 6.55. The highest BCUT2D eigenvalue weighted by Crippen LogP contribution is 2.35. The minimum atomic E-state index is -1.14. The first-order chi connectivity index (χ1) is 6.14. The van der Waals surface area contributed by atoms with E-state index in [1.807, 2.05) is 0 Å². The highest BCUT2D eigenvalue weighted by Gasteiger charge is 2.41. The molecule has 0 fully saturated rings. The van der Waals surface area contributed by atoms with Gasteiger partial charge in [0.05, 0.1) is 0 Å². The Balaban J connectivity index is 2.81. The van der Waals surface area contributed by atoms with Crippen LogP contribution in [0.2, 0.25) is 51.5 Å². The third kappa shape index (κ3) is 2.34. The number of rotatable bonds is 2. The van der Waals surface area contributed by atoms with E-state index in [2.05, 4.69) is 62.9 Å². The number of hydrogen-bond donors (Lipinski definition) is 0. The van der Waals surface area contributed by atoms with Crippen molar-refractivity contribution in [3.8, 4) is 0 Å². The number of hydrogen-bond acceptors (Lipinski definition) is 1. The van der Waals surface area contributed by atoms with Crippen LogP contribution in [0, 0.1) is 0 Å². The molecular weight excluding hydrogens is 201 g/mol. The smallest absolute Gasteiger partial charge is 0.246 e. The molecule has 0 spiro atoms. The average molecular weight is 225 g/mol. The highest BCUT2D eigenvalue weighted by atomic mass is 28.3. The van der Waals surface area contributed by atoms with Crippen LogP contribution in [0.25, 0.3) is 0 Å². The third-order valence-electron chi connectivity index (χ3n) is 3.19. The molecule has 0 amide bonds. The predicted molar refractivity (Wildman–Crippen MR) is 73.0 cm³/mol. The minimum absolute atomic E-state index is 0.744. The molecule has 1 nitrogen and oxygen atoms in total. The molecule has 1 heterocycles. The van der Waals surface area contributed by atoms with E-state index in [-0.39, 0.29) is 0 Å². The molecule has 1 aliphatic heterocycles. The van der Waals surface area contributed by atoms with E-state index < -0.39 is 16.3 Å². The molecule has 4 heteroatoms. The average Bonchev–Trinajstić information content (AvgIpc) is 2.26. The van der Waals surface area contributed by atoms with Gasteiger partial charge in [0.15, 0.2) is 0 Å². The molecule has 1 atom stereocenters. The normalized spacial score (nSPS) is 23.5. The van der Waals surface area contributed by atoms with Gasteiger partial charge in [-0.3, -0.25) is 0 Å². The maximum Gasteiger partial charge on any atom is 0.246 e. The molecule has 0 aromatic carbocycles. The van der Waals surface area contributed by atoms with Crippen molar-refractivity contribution in [3.63, 3.8) is 0 Å². The molecule has 0 saturated heterocycles. The fraction of sp³-hybridized carbons (Fsp3) is 0.800. The van der Waals surface area contributed by atoms with Crippen molar-refractivity contribution in [1.82, 2.24) is 4.48 Å². The molecule has 0 bridgehead atoms. The standard InChI is InChI=1S/C10H24BNSi2/c1-11-10(13(2,3)4)8-9-12(11)14(5,6)7/h8-10H,1-7H3/t10-/m1/s1. The lowest BCUT2D eigenvalue weighted by molar-refractivity contribution is 0.875. The van der Waals surface area contributed by atoms with E-state index in [0.29, 0.717) is 0 Å². The molecule has 14 heavy (non-hydrogen) atoms. The van der Waals surface area contributed by atoms with Crippen LogP contribution in [0.5, 0.6) is 0 Å². The van der Waals surface area contributed by atoms with Gasteiger partial charge in [0.1, 0.15) is 8.24 Å². The molecule has 0 radical (unpaired) electrons. The Labute approximate surface area is 91.8 Å². The lowest BCUT2D eigenvalue weighted by Crippen LogP contribution is -2.51. The zero-order valence-electron chi connectivity index (χ0n) is 10.8. The van der Waals surface area contributed by atoms with Crippen LogP contribution in [0.3, 0.4) is 0 Å². The van der Waals surface area contributed by atoms with Crippen molar-refractivity contribution in [2.75, 3.05) is 0 Å². The Morgan fingerprint density at radius 1 is 1.07 bits per heavy atom. The summed E-state index contributed by atoms with van der Waals surface area (Å²) in [6.45, 7) is 17.9. The molecular formula is C10H24BNSi2. The highest BCUT2D eigenvalue weighted by molar-refractivity contribution is 6.94. The summed E-state index contributed by atoms with van der Waals surface area (Å²) < 4.78 is 2.65. The summed E-state index contributed by atoms with van der Waals surface area (Å²) in [6, 6.07) is 0. The SMILES string of the molecule is CB1[C@H]([Si](C)(C)C)C=CN1[Si](C)(C)C. The van der Waals surface area contributed by atoms with Gasteiger partial charge in [0.2, 0.25) is 6.85 Å². The number of allylic oxidation sites excluding steroid dienone is 1. The van der Waals surface area contributed by atoms with Crippen LogP contribution in [0.15, 0.2) is 12.3 Å². The fourth-order valence-electron chi connectivity index (χ4n) is 2.50. The van der Waals surface area contributed by atoms with Gasteiger partial charge in [-0.1, -0.05) is 52.2 Å². The first kappa shape index (κ1) is 12.1. The topological polar surface area (TPSA) is 3.24 Å². The van der Waals surface area contributed by atoms with Crippen molar-refractivity contribution in [2.45, 2.75) is 51.5 Å². The zero-order valence-corrected chi connectivity index (χ0v) is 12.8. The van der Waals surface area contributed by atoms with Gasteiger partial charge in [-0.15, -0.1) is 0 Å². The van der Waals surface area contributed by atoms with Crippen molar-refractivity contribution in [2.24, 2.45) is 0 Å². The summed E-state index contributed by atoms with van der Waals surface area (Å²) >= 11 is 0. The minimum Gasteiger partial charge on any atom is -0.449 e. The maximum atomic E-state index is 2.65. The largest absolute Gasteiger partial charge is 0.449 e. The molecule has 0 aliphatic carbocycles. The molecule has 0 aromatic rings. The predicted octanol–water partition coefficient (Wildman–Crippen LogP) is 3.52. The molecule has 1 aliphatic rings. The van der Waals surface area contributed by atoms with Gasteiger partial charge in [-0.2, -0.15) is 0 Å². The van der Waals surface area contributed by atoms with Crippen LogP contribution in [0.1, 0.15) is 0 Å². The van der Waals surface area contributed by atoms with Crippen molar-refractivity contribution < 1.29 is 0 Å². The Bertz CT molecular complexity index is 215. The summed E-state index contributed by atoms with van der Waals surface area (Å²) in [7, 11) is -2.15. The Kier molecular flexibility index (Phi) is 3.08. The Hall–Kier alpha value is 0.0387. The van der Waals surface area contributed by atoms with E-state index in [0.717, 1.165) is 12.3 Å². The van der Waals surface area contributed by atoms with Gasteiger partial charge in [-0.05, 0) is 11.6 Å². The first-order valence-corrected chi connectivity index (χ1v) is 12.6. The van der Waals surface area contributed by atoms with Gasteiger partial charge in [-0.25, -0.2) is 0 Å². The Morgan fingerprint density at radius 2 is 1.57 bits per heavy atom. The van der Waals surface area contributed by atoms with Crippen LogP contribution < -0.4 is 0 Å². The third-order valence-corrected chi connectivity index (χ3v) is 7.97. The van der Waals surface area contributed by atoms with Gasteiger partial charge >= 0.3 is 0 Å². The van der Waals surface area contributed by atoms with Crippen LogP contribution in [0.4, 0.5) is 0 Å². The summed E-state index contributed by atoms with van der Waals surface area (Å²) in [5.74, 6) is 0. The summed E-state index contributed by atoms with van der Waals surface area (Å²) in [4.78, 5) is 0. The van der Waals surface area contributed by atoms with Crippen LogP contribution in [-0.4, -0.2) is 27.6 Å². The second kappa shape index (κ2) is 3.56. The van der Waals surface area contributed by atoms with E-state index in [4.69, 9.17) is 0 Å². The summed E-state index contributed by atoms with van der Waals surface area (Å²) in [5, 5.41) is 0. The van der Waals surface area contributed by atoms with Crippen molar-refractivity contribution >= 4 is 23.2 Å². The fourth-order valence-corrected chi connectivity index (χ4v) is 6.84. The molecule has 0 N–H and O–H groups in total. The van der Waals surface area contributed by atoms with E-state index in [1.165, 1.54) is 0 Å². The molecule has 0 aromatic heterocycles. The molecule has 0 unspecified atom stereocenters. The molecule has 1 rings (SSSR count). The van der Waals surface area contributed by atoms with Crippen molar-refractivity contribution in [1.29, 1.82) is 0 Å². The summed E-state index contributed by atoms with van der Waals surface area (Å²) in [5.41, 5.74) is 0.842. The van der Waals surface area contributed by atoms with Gasteiger partial charge in [0.25, 0.3) is 0 Å². The number of nitrogens with zero attached hydrogens (tertiary/aromatic N) is 1. The molecule has 80 valence electrons. The van der Waals surface area contributed by atoms with Crippen LogP contribution in [-0.2, 0) is 0 Å². The maximum absolute atomic E-state index is 2.65. The van der Waals surface area contributed by atoms with E-state index >= 15 is 0 Å². The lowest BCUT2D eigenvalue weighted by atomic mass is 9.63. The summed E-state index contributed by atoms with van der Waals surface area (Å²) in [6.07, 6.45) is 4.84. The van der Waals surface area contributed by atoms with E-state index in [9.17, 15) is 0 Å². The van der Waals surface area contributed by atoms with Gasteiger partial charge < -0.3 is 4.48 Å². The Morgan fingerprint density at radius 3 is 1.79 bits per heavy atom. The first-order valence-electron chi connectivity index (χ1n) is 5.61.